The zero-order chi connectivity index (χ0) is 11.2. The van der Waals surface area contributed by atoms with Crippen LogP contribution in [0, 0.1) is 0 Å². The minimum atomic E-state index is 0.225. The van der Waals surface area contributed by atoms with Crippen molar-refractivity contribution in [2.24, 2.45) is 0 Å². The van der Waals surface area contributed by atoms with Crippen molar-refractivity contribution in [2.75, 3.05) is 0 Å². The summed E-state index contributed by atoms with van der Waals surface area (Å²) in [6.45, 7) is 0. The average molecular weight is 215 g/mol. The predicted octanol–water partition coefficient (Wildman–Crippen LogP) is 3.08. The van der Waals surface area contributed by atoms with Crippen LogP contribution in [0.2, 0.25) is 0 Å². The van der Waals surface area contributed by atoms with Crippen molar-refractivity contribution >= 4 is 5.78 Å². The summed E-state index contributed by atoms with van der Waals surface area (Å²) in [5.41, 5.74) is 2.39. The molecule has 0 amide bonds. The summed E-state index contributed by atoms with van der Waals surface area (Å²) in [7, 11) is 0. The first-order chi connectivity index (χ1) is 7.84. The van der Waals surface area contributed by atoms with Gasteiger partial charge >= 0.3 is 0 Å². The number of allylic oxidation sites excluding steroid dienone is 2. The van der Waals surface area contributed by atoms with Crippen molar-refractivity contribution < 1.29 is 4.79 Å². The molecular formula is C14H17NO. The van der Waals surface area contributed by atoms with Crippen LogP contribution in [0.5, 0.6) is 0 Å². The molecule has 0 atom stereocenters. The number of rotatable bonds is 3. The van der Waals surface area contributed by atoms with Crippen LogP contribution in [0.4, 0.5) is 0 Å². The van der Waals surface area contributed by atoms with E-state index in [4.69, 9.17) is 0 Å². The van der Waals surface area contributed by atoms with Crippen LogP contribution in [0.25, 0.3) is 0 Å². The summed E-state index contributed by atoms with van der Waals surface area (Å²) in [5, 5.41) is 0. The zero-order valence-electron chi connectivity index (χ0n) is 9.48. The number of aromatic nitrogens is 1. The minimum Gasteiger partial charge on any atom is -0.294 e. The van der Waals surface area contributed by atoms with E-state index in [0.29, 0.717) is 6.42 Å². The lowest BCUT2D eigenvalue weighted by molar-refractivity contribution is -0.114. The second kappa shape index (κ2) is 5.59. The molecule has 0 spiro atoms. The van der Waals surface area contributed by atoms with Gasteiger partial charge in [-0.1, -0.05) is 12.0 Å². The fourth-order valence-electron chi connectivity index (χ4n) is 2.13. The summed E-state index contributed by atoms with van der Waals surface area (Å²) in [4.78, 5) is 15.7. The highest BCUT2D eigenvalue weighted by molar-refractivity contribution is 5.92. The SMILES string of the molecule is O=C(C=C1CCCCC1)Cc1ccncc1. The van der Waals surface area contributed by atoms with Gasteiger partial charge in [-0.3, -0.25) is 9.78 Å². The van der Waals surface area contributed by atoms with Gasteiger partial charge in [0.25, 0.3) is 0 Å². The first-order valence-electron chi connectivity index (χ1n) is 5.96. The molecule has 1 heterocycles. The second-order valence-electron chi connectivity index (χ2n) is 4.36. The third kappa shape index (κ3) is 3.30. The lowest BCUT2D eigenvalue weighted by Gasteiger charge is -2.12. The molecule has 1 aromatic heterocycles. The van der Waals surface area contributed by atoms with E-state index in [9.17, 15) is 4.79 Å². The van der Waals surface area contributed by atoms with Gasteiger partial charge in [0, 0.05) is 18.8 Å². The maximum absolute atomic E-state index is 11.8. The number of hydrogen-bond donors (Lipinski definition) is 0. The Morgan fingerprint density at radius 3 is 2.56 bits per heavy atom. The number of hydrogen-bond acceptors (Lipinski definition) is 2. The van der Waals surface area contributed by atoms with Gasteiger partial charge in [-0.15, -0.1) is 0 Å². The summed E-state index contributed by atoms with van der Waals surface area (Å²) >= 11 is 0. The lowest BCUT2D eigenvalue weighted by Crippen LogP contribution is -2.02. The van der Waals surface area contributed by atoms with Crippen LogP contribution in [0.3, 0.4) is 0 Å². The van der Waals surface area contributed by atoms with E-state index in [2.05, 4.69) is 4.98 Å². The molecule has 1 saturated carbocycles. The summed E-state index contributed by atoms with van der Waals surface area (Å²) < 4.78 is 0. The molecule has 84 valence electrons. The fourth-order valence-corrected chi connectivity index (χ4v) is 2.13. The molecule has 1 aliphatic rings. The van der Waals surface area contributed by atoms with Gasteiger partial charge in [-0.05, 0) is 49.5 Å². The highest BCUT2D eigenvalue weighted by atomic mass is 16.1. The van der Waals surface area contributed by atoms with E-state index in [1.54, 1.807) is 12.4 Å². The second-order valence-corrected chi connectivity index (χ2v) is 4.36. The Hall–Kier alpha value is -1.44. The number of carbonyl (C=O) groups excluding carboxylic acids is 1. The smallest absolute Gasteiger partial charge is 0.160 e. The van der Waals surface area contributed by atoms with E-state index in [1.165, 1.54) is 24.8 Å². The number of ketones is 1. The van der Waals surface area contributed by atoms with Crippen molar-refractivity contribution in [3.63, 3.8) is 0 Å². The molecule has 0 unspecified atom stereocenters. The number of nitrogens with zero attached hydrogens (tertiary/aromatic N) is 1. The number of carbonyl (C=O) groups is 1. The monoisotopic (exact) mass is 215 g/mol. The Kier molecular flexibility index (Phi) is 3.86. The molecule has 0 aliphatic heterocycles. The van der Waals surface area contributed by atoms with Gasteiger partial charge in [0.1, 0.15) is 0 Å². The molecule has 2 rings (SSSR count). The van der Waals surface area contributed by atoms with E-state index in [1.807, 2.05) is 18.2 Å². The molecule has 0 bridgehead atoms. The summed E-state index contributed by atoms with van der Waals surface area (Å²) in [6, 6.07) is 3.80. The molecule has 2 heteroatoms. The number of pyridine rings is 1. The zero-order valence-corrected chi connectivity index (χ0v) is 9.48. The van der Waals surface area contributed by atoms with Gasteiger partial charge in [-0.25, -0.2) is 0 Å². The van der Waals surface area contributed by atoms with Crippen molar-refractivity contribution in [3.05, 3.63) is 41.7 Å². The third-order valence-corrected chi connectivity index (χ3v) is 2.99. The van der Waals surface area contributed by atoms with Crippen molar-refractivity contribution in [1.82, 2.24) is 4.98 Å². The Balaban J connectivity index is 1.93. The van der Waals surface area contributed by atoms with Gasteiger partial charge in [0.2, 0.25) is 0 Å². The van der Waals surface area contributed by atoms with Gasteiger partial charge in [0.15, 0.2) is 5.78 Å². The maximum atomic E-state index is 11.8. The molecule has 16 heavy (non-hydrogen) atoms. The van der Waals surface area contributed by atoms with Gasteiger partial charge in [-0.2, -0.15) is 0 Å². The molecule has 0 N–H and O–H groups in total. The van der Waals surface area contributed by atoms with E-state index >= 15 is 0 Å². The largest absolute Gasteiger partial charge is 0.294 e. The quantitative estimate of drug-likeness (QED) is 0.725. The molecule has 2 nitrogen and oxygen atoms in total. The highest BCUT2D eigenvalue weighted by Gasteiger charge is 2.07. The van der Waals surface area contributed by atoms with Crippen LogP contribution < -0.4 is 0 Å². The predicted molar refractivity (Wildman–Crippen MR) is 64.1 cm³/mol. The molecule has 0 radical (unpaired) electrons. The lowest BCUT2D eigenvalue weighted by atomic mass is 9.93. The molecule has 0 saturated heterocycles. The Morgan fingerprint density at radius 1 is 1.19 bits per heavy atom. The minimum absolute atomic E-state index is 0.225. The van der Waals surface area contributed by atoms with E-state index in [0.717, 1.165) is 18.4 Å². The van der Waals surface area contributed by atoms with Crippen molar-refractivity contribution in [3.8, 4) is 0 Å². The standard InChI is InChI=1S/C14H17NO/c16-14(10-12-4-2-1-3-5-12)11-13-6-8-15-9-7-13/h6-10H,1-5,11H2. The van der Waals surface area contributed by atoms with E-state index in [-0.39, 0.29) is 5.78 Å². The van der Waals surface area contributed by atoms with Crippen LogP contribution in [0.15, 0.2) is 36.2 Å². The Labute approximate surface area is 96.4 Å². The molecule has 1 fully saturated rings. The highest BCUT2D eigenvalue weighted by Crippen LogP contribution is 2.22. The Bertz CT molecular complexity index is 373. The van der Waals surface area contributed by atoms with Crippen molar-refractivity contribution in [2.45, 2.75) is 38.5 Å². The topological polar surface area (TPSA) is 30.0 Å². The molecular weight excluding hydrogens is 198 g/mol. The summed E-state index contributed by atoms with van der Waals surface area (Å²) in [6.07, 6.45) is 11.9. The molecule has 1 aliphatic carbocycles. The summed E-state index contributed by atoms with van der Waals surface area (Å²) in [5.74, 6) is 0.225. The molecule has 0 aromatic carbocycles. The maximum Gasteiger partial charge on any atom is 0.160 e. The van der Waals surface area contributed by atoms with Crippen LogP contribution in [-0.4, -0.2) is 10.8 Å². The van der Waals surface area contributed by atoms with Crippen molar-refractivity contribution in [1.29, 1.82) is 0 Å². The molecule has 1 aromatic rings. The van der Waals surface area contributed by atoms with Gasteiger partial charge in [0.05, 0.1) is 0 Å². The fraction of sp³-hybridized carbons (Fsp3) is 0.429. The van der Waals surface area contributed by atoms with Crippen LogP contribution in [-0.2, 0) is 11.2 Å². The van der Waals surface area contributed by atoms with Crippen LogP contribution in [0.1, 0.15) is 37.7 Å². The first-order valence-corrected chi connectivity index (χ1v) is 5.96. The normalized spacial score (nSPS) is 15.9. The average Bonchev–Trinajstić information content (AvgIpc) is 2.31. The van der Waals surface area contributed by atoms with Gasteiger partial charge < -0.3 is 0 Å². The van der Waals surface area contributed by atoms with Crippen LogP contribution >= 0.6 is 0 Å². The Morgan fingerprint density at radius 2 is 1.88 bits per heavy atom. The van der Waals surface area contributed by atoms with E-state index < -0.39 is 0 Å². The first kappa shape index (κ1) is 11.1. The third-order valence-electron chi connectivity index (χ3n) is 2.99.